The molecule has 0 nitrogen and oxygen atoms in total. The smallest absolute Gasteiger partial charge is 0.0355 e. The largest absolute Gasteiger partial charge is 0.135 e. The van der Waals surface area contributed by atoms with E-state index in [2.05, 4.69) is 166 Å². The van der Waals surface area contributed by atoms with Crippen LogP contribution in [0, 0.1) is 0 Å². The molecule has 0 saturated heterocycles. The van der Waals surface area contributed by atoms with Gasteiger partial charge in [-0.05, 0) is 119 Å². The van der Waals surface area contributed by atoms with Crippen molar-refractivity contribution >= 4 is 53.1 Å². The molecule has 0 radical (unpaired) electrons. The molecule has 0 spiro atoms. The van der Waals surface area contributed by atoms with Gasteiger partial charge in [-0.2, -0.15) is 0 Å². The van der Waals surface area contributed by atoms with Crippen LogP contribution in [0.25, 0.3) is 64.0 Å². The van der Waals surface area contributed by atoms with Crippen LogP contribution in [0.2, 0.25) is 0 Å². The SMILES string of the molecule is CC(C)c1c2ccc(-c3ccc4sc5ccccc5c4c3)cc2c(C(C)C)c2ccc(-c3cc(C(C)(C)C)cc(C(C)(C)C)c3)cc12. The highest BCUT2D eigenvalue weighted by atomic mass is 32.1. The molecule has 0 N–H and O–H groups in total. The van der Waals surface area contributed by atoms with Crippen LogP contribution in [-0.2, 0) is 10.8 Å². The molecule has 0 aliphatic carbocycles. The Morgan fingerprint density at radius 1 is 0.404 bits per heavy atom. The molecule has 1 aromatic heterocycles. The molecule has 0 atom stereocenters. The summed E-state index contributed by atoms with van der Waals surface area (Å²) in [6, 6.07) is 37.6. The van der Waals surface area contributed by atoms with E-state index in [1.165, 1.54) is 86.2 Å². The first-order valence-electron chi connectivity index (χ1n) is 17.3. The van der Waals surface area contributed by atoms with Crippen LogP contribution < -0.4 is 0 Å². The topological polar surface area (TPSA) is 0 Å². The number of hydrogen-bond acceptors (Lipinski definition) is 1. The summed E-state index contributed by atoms with van der Waals surface area (Å²) in [5.41, 5.74) is 11.0. The van der Waals surface area contributed by atoms with Crippen LogP contribution in [-0.4, -0.2) is 0 Å². The number of fused-ring (bicyclic) bond motifs is 5. The van der Waals surface area contributed by atoms with E-state index in [0.29, 0.717) is 11.8 Å². The summed E-state index contributed by atoms with van der Waals surface area (Å²) in [7, 11) is 0. The summed E-state index contributed by atoms with van der Waals surface area (Å²) < 4.78 is 2.71. The minimum Gasteiger partial charge on any atom is -0.135 e. The minimum atomic E-state index is 0.0791. The van der Waals surface area contributed by atoms with Crippen molar-refractivity contribution in [3.8, 4) is 22.3 Å². The highest BCUT2D eigenvalue weighted by Gasteiger charge is 2.23. The lowest BCUT2D eigenvalue weighted by molar-refractivity contribution is 0.569. The van der Waals surface area contributed by atoms with Gasteiger partial charge in [-0.25, -0.2) is 0 Å². The van der Waals surface area contributed by atoms with E-state index < -0.39 is 0 Å². The van der Waals surface area contributed by atoms with E-state index in [0.717, 1.165) is 0 Å². The molecule has 0 fully saturated rings. The second-order valence-electron chi connectivity index (χ2n) is 16.3. The third-order valence-corrected chi connectivity index (χ3v) is 11.2. The monoisotopic (exact) mass is 632 g/mol. The summed E-state index contributed by atoms with van der Waals surface area (Å²) in [5.74, 6) is 0.782. The Morgan fingerprint density at radius 2 is 0.851 bits per heavy atom. The zero-order valence-corrected chi connectivity index (χ0v) is 30.6. The van der Waals surface area contributed by atoms with Crippen LogP contribution >= 0.6 is 11.3 Å². The van der Waals surface area contributed by atoms with Gasteiger partial charge in [-0.3, -0.25) is 0 Å². The molecule has 238 valence electrons. The van der Waals surface area contributed by atoms with Gasteiger partial charge in [-0.15, -0.1) is 11.3 Å². The predicted octanol–water partition coefficient (Wildman–Crippen LogP) is 14.5. The van der Waals surface area contributed by atoms with Gasteiger partial charge in [0.25, 0.3) is 0 Å². The van der Waals surface area contributed by atoms with Gasteiger partial charge >= 0.3 is 0 Å². The molecule has 0 aliphatic heterocycles. The molecule has 7 aromatic rings. The average Bonchev–Trinajstić information content (AvgIpc) is 3.39. The highest BCUT2D eigenvalue weighted by molar-refractivity contribution is 7.25. The molecule has 6 aromatic carbocycles. The summed E-state index contributed by atoms with van der Waals surface area (Å²) >= 11 is 1.88. The number of hydrogen-bond donors (Lipinski definition) is 0. The molecule has 0 amide bonds. The normalized spacial score (nSPS) is 12.9. The van der Waals surface area contributed by atoms with Crippen molar-refractivity contribution in [1.82, 2.24) is 0 Å². The Labute approximate surface area is 285 Å². The van der Waals surface area contributed by atoms with E-state index in [1.807, 2.05) is 11.3 Å². The maximum Gasteiger partial charge on any atom is 0.0355 e. The zero-order chi connectivity index (χ0) is 33.4. The third kappa shape index (κ3) is 5.57. The summed E-state index contributed by atoms with van der Waals surface area (Å²) in [5, 5.41) is 8.26. The number of thiophene rings is 1. The van der Waals surface area contributed by atoms with E-state index in [-0.39, 0.29) is 10.8 Å². The van der Waals surface area contributed by atoms with Gasteiger partial charge in [-0.1, -0.05) is 136 Å². The predicted molar refractivity (Wildman–Crippen MR) is 211 cm³/mol. The van der Waals surface area contributed by atoms with Crippen molar-refractivity contribution < 1.29 is 0 Å². The standard InChI is InChI=1S/C46H48S/c1-27(2)43-37-19-16-31(32-21-33(45(5,6)7)26-34(22-32)46(8,9)10)25-40(37)44(28(3)4)36-18-15-29(24-39(36)43)30-17-20-42-38(23-30)35-13-11-12-14-41(35)47-42/h11-28H,1-10H3. The van der Waals surface area contributed by atoms with Gasteiger partial charge < -0.3 is 0 Å². The van der Waals surface area contributed by atoms with Crippen molar-refractivity contribution in [1.29, 1.82) is 0 Å². The van der Waals surface area contributed by atoms with Gasteiger partial charge in [0.15, 0.2) is 0 Å². The summed E-state index contributed by atoms with van der Waals surface area (Å²) in [6.45, 7) is 23.4. The lowest BCUT2D eigenvalue weighted by Crippen LogP contribution is -2.16. The van der Waals surface area contributed by atoms with Gasteiger partial charge in [0.1, 0.15) is 0 Å². The Kier molecular flexibility index (Phi) is 7.64. The Morgan fingerprint density at radius 3 is 1.36 bits per heavy atom. The minimum absolute atomic E-state index is 0.0791. The van der Waals surface area contributed by atoms with Crippen LogP contribution in [0.1, 0.15) is 103 Å². The molecule has 47 heavy (non-hydrogen) atoms. The second-order valence-corrected chi connectivity index (χ2v) is 17.3. The van der Waals surface area contributed by atoms with Gasteiger partial charge in [0.2, 0.25) is 0 Å². The Bertz CT molecular complexity index is 2280. The highest BCUT2D eigenvalue weighted by Crippen LogP contribution is 2.44. The summed E-state index contributed by atoms with van der Waals surface area (Å²) in [6.07, 6.45) is 0. The second kappa shape index (κ2) is 11.3. The first-order valence-corrected chi connectivity index (χ1v) is 18.1. The van der Waals surface area contributed by atoms with Crippen molar-refractivity contribution in [3.05, 3.63) is 119 Å². The van der Waals surface area contributed by atoms with Crippen molar-refractivity contribution in [2.75, 3.05) is 0 Å². The molecular formula is C46H48S. The number of rotatable bonds is 4. The lowest BCUT2D eigenvalue weighted by atomic mass is 9.78. The molecule has 0 aliphatic rings. The van der Waals surface area contributed by atoms with Crippen LogP contribution in [0.3, 0.4) is 0 Å². The fourth-order valence-electron chi connectivity index (χ4n) is 7.46. The van der Waals surface area contributed by atoms with Crippen molar-refractivity contribution in [2.45, 2.75) is 91.9 Å². The number of benzene rings is 6. The Hall–Kier alpha value is -3.94. The van der Waals surface area contributed by atoms with Gasteiger partial charge in [0, 0.05) is 20.2 Å². The fourth-order valence-corrected chi connectivity index (χ4v) is 8.55. The molecule has 7 rings (SSSR count). The zero-order valence-electron chi connectivity index (χ0n) is 29.8. The van der Waals surface area contributed by atoms with Crippen LogP contribution in [0.15, 0.2) is 97.1 Å². The molecule has 0 saturated carbocycles. The first kappa shape index (κ1) is 31.6. The summed E-state index contributed by atoms with van der Waals surface area (Å²) in [4.78, 5) is 0. The van der Waals surface area contributed by atoms with E-state index in [1.54, 1.807) is 0 Å². The van der Waals surface area contributed by atoms with Crippen LogP contribution in [0.4, 0.5) is 0 Å². The van der Waals surface area contributed by atoms with E-state index in [4.69, 9.17) is 0 Å². The molecular weight excluding hydrogens is 585 g/mol. The lowest BCUT2D eigenvalue weighted by Gasteiger charge is -2.27. The first-order chi connectivity index (χ1) is 22.2. The molecule has 1 heteroatoms. The van der Waals surface area contributed by atoms with E-state index in [9.17, 15) is 0 Å². The molecule has 1 heterocycles. The van der Waals surface area contributed by atoms with Gasteiger partial charge in [0.05, 0.1) is 0 Å². The molecule has 0 bridgehead atoms. The van der Waals surface area contributed by atoms with Crippen LogP contribution in [0.5, 0.6) is 0 Å². The Balaban J connectivity index is 1.46. The maximum atomic E-state index is 2.49. The van der Waals surface area contributed by atoms with E-state index >= 15 is 0 Å². The third-order valence-electron chi connectivity index (χ3n) is 10.1. The maximum absolute atomic E-state index is 2.49. The van der Waals surface area contributed by atoms with Crippen molar-refractivity contribution in [3.63, 3.8) is 0 Å². The van der Waals surface area contributed by atoms with Crippen molar-refractivity contribution in [2.24, 2.45) is 0 Å². The fraction of sp³-hybridized carbons (Fsp3) is 0.304. The molecule has 0 unspecified atom stereocenters. The quantitative estimate of drug-likeness (QED) is 0.169. The average molecular weight is 633 g/mol.